The molecule has 0 saturated carbocycles. The van der Waals surface area contributed by atoms with E-state index in [9.17, 15) is 24.6 Å². The molecule has 4 saturated heterocycles. The maximum atomic E-state index is 14.0. The number of aliphatic hydroxyl groups excluding tert-OH is 1. The zero-order valence-corrected chi connectivity index (χ0v) is 19.2. The number of hydrogen-bond acceptors (Lipinski definition) is 7. The smallest absolute Gasteiger partial charge is 0.310 e. The molecule has 4 aliphatic heterocycles. The van der Waals surface area contributed by atoms with Gasteiger partial charge in [0.1, 0.15) is 11.6 Å². The van der Waals surface area contributed by atoms with Gasteiger partial charge in [0.15, 0.2) is 0 Å². The van der Waals surface area contributed by atoms with Crippen molar-refractivity contribution in [1.82, 2.24) is 14.7 Å². The summed E-state index contributed by atoms with van der Waals surface area (Å²) in [7, 11) is 0. The van der Waals surface area contributed by atoms with E-state index in [1.54, 1.807) is 11.0 Å². The van der Waals surface area contributed by atoms with Gasteiger partial charge in [-0.15, -0.1) is 6.58 Å². The van der Waals surface area contributed by atoms with Crippen molar-refractivity contribution < 1.29 is 34.1 Å². The molecule has 10 nitrogen and oxygen atoms in total. The maximum Gasteiger partial charge on any atom is 0.310 e. The van der Waals surface area contributed by atoms with Crippen LogP contribution < -0.4 is 0 Å². The minimum Gasteiger partial charge on any atom is -0.481 e. The zero-order chi connectivity index (χ0) is 23.8. The van der Waals surface area contributed by atoms with E-state index in [0.29, 0.717) is 52.1 Å². The second-order valence-corrected chi connectivity index (χ2v) is 9.41. The highest BCUT2D eigenvalue weighted by Gasteiger charge is 2.75. The Morgan fingerprint density at radius 1 is 1.36 bits per heavy atom. The van der Waals surface area contributed by atoms with E-state index in [1.807, 2.05) is 6.92 Å². The Kier molecular flexibility index (Phi) is 7.09. The first-order chi connectivity index (χ1) is 15.9. The lowest BCUT2D eigenvalue weighted by Gasteiger charge is -2.39. The van der Waals surface area contributed by atoms with Crippen LogP contribution in [0.2, 0.25) is 0 Å². The molecule has 0 aromatic rings. The van der Waals surface area contributed by atoms with Crippen molar-refractivity contribution in [2.45, 2.75) is 50.0 Å². The second kappa shape index (κ2) is 9.69. The second-order valence-electron chi connectivity index (χ2n) is 9.41. The number of carboxylic acid groups (broad SMARTS) is 1. The monoisotopic (exact) mass is 465 g/mol. The quantitative estimate of drug-likeness (QED) is 0.417. The summed E-state index contributed by atoms with van der Waals surface area (Å²) in [6, 6.07) is -1.53. The first kappa shape index (κ1) is 24.1. The Bertz CT molecular complexity index is 782. The van der Waals surface area contributed by atoms with E-state index < -0.39 is 47.5 Å². The van der Waals surface area contributed by atoms with E-state index in [4.69, 9.17) is 9.47 Å². The molecule has 1 spiro atoms. The van der Waals surface area contributed by atoms with Gasteiger partial charge in [-0.2, -0.15) is 0 Å². The Labute approximate surface area is 194 Å². The van der Waals surface area contributed by atoms with Gasteiger partial charge in [0.05, 0.1) is 43.8 Å². The number of rotatable bonds is 10. The number of ether oxygens (including phenoxy) is 2. The number of nitrogens with zero attached hydrogens (tertiary/aromatic N) is 3. The van der Waals surface area contributed by atoms with Crippen LogP contribution in [0, 0.1) is 11.8 Å². The number of amides is 2. The average molecular weight is 466 g/mol. The van der Waals surface area contributed by atoms with Crippen LogP contribution in [0.15, 0.2) is 12.7 Å². The third-order valence-electron chi connectivity index (χ3n) is 7.78. The predicted molar refractivity (Wildman–Crippen MR) is 117 cm³/mol. The molecule has 0 aromatic heterocycles. The molecule has 2 N–H and O–H groups in total. The largest absolute Gasteiger partial charge is 0.481 e. The van der Waals surface area contributed by atoms with Crippen LogP contribution in [-0.2, 0) is 23.9 Å². The van der Waals surface area contributed by atoms with Crippen LogP contribution in [0.1, 0.15) is 26.2 Å². The van der Waals surface area contributed by atoms with Crippen LogP contribution in [0.5, 0.6) is 0 Å². The van der Waals surface area contributed by atoms with Crippen molar-refractivity contribution in [3.05, 3.63) is 12.7 Å². The fourth-order valence-corrected chi connectivity index (χ4v) is 6.17. The van der Waals surface area contributed by atoms with Crippen LogP contribution in [0.3, 0.4) is 0 Å². The van der Waals surface area contributed by atoms with Gasteiger partial charge in [-0.3, -0.25) is 19.3 Å². The highest BCUT2D eigenvalue weighted by molar-refractivity contribution is 5.98. The first-order valence-corrected chi connectivity index (χ1v) is 11.9. The van der Waals surface area contributed by atoms with Crippen LogP contribution in [-0.4, -0.2) is 119 Å². The summed E-state index contributed by atoms with van der Waals surface area (Å²) in [6.07, 6.45) is 2.50. The molecule has 2 amide bonds. The summed E-state index contributed by atoms with van der Waals surface area (Å²) in [5.74, 6) is -3.61. The molecule has 4 aliphatic rings. The molecule has 184 valence electrons. The lowest BCUT2D eigenvalue weighted by Crippen LogP contribution is -2.59. The van der Waals surface area contributed by atoms with Gasteiger partial charge >= 0.3 is 5.97 Å². The fourth-order valence-electron chi connectivity index (χ4n) is 6.17. The summed E-state index contributed by atoms with van der Waals surface area (Å²) >= 11 is 0. The molecule has 0 unspecified atom stereocenters. The minimum atomic E-state index is -1.16. The SMILES string of the molecule is C=CCN(CCN1CCOCC1)C(=O)[C@H]1N([C@@H](CC)CO)C(=O)[C@@H]2[C@@H](C(=O)O)[C@H]3CC[C@]21O3. The Balaban J connectivity index is 1.65. The van der Waals surface area contributed by atoms with Crippen LogP contribution in [0.25, 0.3) is 0 Å². The van der Waals surface area contributed by atoms with Crippen molar-refractivity contribution in [2.24, 2.45) is 11.8 Å². The van der Waals surface area contributed by atoms with Gasteiger partial charge in [0, 0.05) is 32.7 Å². The number of carbonyl (C=O) groups excluding carboxylic acids is 2. The Morgan fingerprint density at radius 2 is 2.09 bits per heavy atom. The third kappa shape index (κ3) is 3.96. The number of hydrogen-bond donors (Lipinski definition) is 2. The summed E-state index contributed by atoms with van der Waals surface area (Å²) in [5.41, 5.74) is -1.16. The van der Waals surface area contributed by atoms with E-state index in [-0.39, 0.29) is 12.5 Å². The molecular weight excluding hydrogens is 430 g/mol. The Hall–Kier alpha value is -2.01. The molecule has 2 bridgehead atoms. The van der Waals surface area contributed by atoms with Gasteiger partial charge in [-0.25, -0.2) is 0 Å². The number of aliphatic hydroxyl groups is 1. The number of fused-ring (bicyclic) bond motifs is 1. The molecule has 4 rings (SSSR count). The summed E-state index contributed by atoms with van der Waals surface area (Å²) < 4.78 is 11.6. The lowest BCUT2D eigenvalue weighted by molar-refractivity contribution is -0.153. The summed E-state index contributed by atoms with van der Waals surface area (Å²) in [4.78, 5) is 45.0. The normalized spacial score (nSPS) is 34.4. The van der Waals surface area contributed by atoms with E-state index in [1.165, 1.54) is 4.90 Å². The van der Waals surface area contributed by atoms with Crippen molar-refractivity contribution >= 4 is 17.8 Å². The van der Waals surface area contributed by atoms with Crippen LogP contribution in [0.4, 0.5) is 0 Å². The topological polar surface area (TPSA) is 120 Å². The highest BCUT2D eigenvalue weighted by atomic mass is 16.5. The van der Waals surface area contributed by atoms with Gasteiger partial charge in [0.25, 0.3) is 0 Å². The zero-order valence-electron chi connectivity index (χ0n) is 19.2. The van der Waals surface area contributed by atoms with Crippen molar-refractivity contribution in [3.63, 3.8) is 0 Å². The molecule has 0 aliphatic carbocycles. The number of aliphatic carboxylic acids is 1. The van der Waals surface area contributed by atoms with Crippen molar-refractivity contribution in [3.8, 4) is 0 Å². The van der Waals surface area contributed by atoms with Crippen LogP contribution >= 0.6 is 0 Å². The van der Waals surface area contributed by atoms with E-state index in [2.05, 4.69) is 11.5 Å². The van der Waals surface area contributed by atoms with E-state index in [0.717, 1.165) is 13.1 Å². The van der Waals surface area contributed by atoms with Crippen molar-refractivity contribution in [1.29, 1.82) is 0 Å². The molecule has 4 heterocycles. The third-order valence-corrected chi connectivity index (χ3v) is 7.78. The number of carboxylic acids is 1. The molecule has 6 atom stereocenters. The van der Waals surface area contributed by atoms with Gasteiger partial charge < -0.3 is 29.5 Å². The first-order valence-electron chi connectivity index (χ1n) is 11.9. The lowest BCUT2D eigenvalue weighted by atomic mass is 9.70. The molecule has 0 radical (unpaired) electrons. The summed E-state index contributed by atoms with van der Waals surface area (Å²) in [5, 5.41) is 19.9. The molecule has 10 heteroatoms. The molecular formula is C23H35N3O7. The summed E-state index contributed by atoms with van der Waals surface area (Å²) in [6.45, 7) is 9.67. The van der Waals surface area contributed by atoms with Crippen molar-refractivity contribution in [2.75, 3.05) is 52.5 Å². The predicted octanol–water partition coefficient (Wildman–Crippen LogP) is -0.437. The van der Waals surface area contributed by atoms with Gasteiger partial charge in [-0.05, 0) is 19.3 Å². The van der Waals surface area contributed by atoms with Gasteiger partial charge in [-0.1, -0.05) is 13.0 Å². The molecule has 4 fully saturated rings. The number of likely N-dealkylation sites (tertiary alicyclic amines) is 1. The standard InChI is InChI=1S/C23H35N3O7/c1-3-7-25(9-8-24-10-12-32-13-11-24)21(29)19-23-6-5-16(33-23)17(22(30)31)18(23)20(28)26(19)15(4-2)14-27/h3,15-19,27H,1,4-14H2,2H3,(H,30,31)/t15-,16+,17-,18-,19+,23-/m0/s1. The number of morpholine rings is 1. The van der Waals surface area contributed by atoms with Gasteiger partial charge in [0.2, 0.25) is 11.8 Å². The number of carbonyl (C=O) groups is 3. The molecule has 0 aromatic carbocycles. The maximum absolute atomic E-state index is 14.0. The highest BCUT2D eigenvalue weighted by Crippen LogP contribution is 2.59. The Morgan fingerprint density at radius 3 is 2.70 bits per heavy atom. The fraction of sp³-hybridized carbons (Fsp3) is 0.783. The minimum absolute atomic E-state index is 0.266. The molecule has 33 heavy (non-hydrogen) atoms. The average Bonchev–Trinajstić information content (AvgIpc) is 3.46. The van der Waals surface area contributed by atoms with E-state index >= 15 is 0 Å².